The maximum Gasteiger partial charge on any atom is 0.304 e. The molecular formula is C9H13NO3. The lowest BCUT2D eigenvalue weighted by atomic mass is 10.2. The van der Waals surface area contributed by atoms with Gasteiger partial charge in [-0.3, -0.25) is 4.79 Å². The van der Waals surface area contributed by atoms with Gasteiger partial charge in [0.05, 0.1) is 18.7 Å². The van der Waals surface area contributed by atoms with Crippen molar-refractivity contribution in [3.8, 4) is 0 Å². The van der Waals surface area contributed by atoms with Crippen molar-refractivity contribution >= 4 is 5.97 Å². The molecular weight excluding hydrogens is 170 g/mol. The Kier molecular flexibility index (Phi) is 3.52. The highest BCUT2D eigenvalue weighted by molar-refractivity contribution is 5.66. The van der Waals surface area contributed by atoms with E-state index in [-0.39, 0.29) is 12.5 Å². The molecule has 1 aromatic heterocycles. The van der Waals surface area contributed by atoms with Gasteiger partial charge in [-0.25, -0.2) is 0 Å². The predicted octanol–water partition coefficient (Wildman–Crippen LogP) is 1.40. The van der Waals surface area contributed by atoms with Crippen molar-refractivity contribution in [2.24, 2.45) is 0 Å². The number of hydrogen-bond acceptors (Lipinski definition) is 3. The summed E-state index contributed by atoms with van der Waals surface area (Å²) in [4.78, 5) is 10.2. The van der Waals surface area contributed by atoms with E-state index in [4.69, 9.17) is 9.52 Å². The number of hydrogen-bond donors (Lipinski definition) is 2. The Bertz CT molecular complexity index is 256. The first-order chi connectivity index (χ1) is 6.20. The summed E-state index contributed by atoms with van der Waals surface area (Å²) in [5.74, 6) is 0.0320. The van der Waals surface area contributed by atoms with Gasteiger partial charge >= 0.3 is 5.97 Å². The van der Waals surface area contributed by atoms with E-state index in [2.05, 4.69) is 5.32 Å². The Morgan fingerprint density at radius 2 is 2.54 bits per heavy atom. The molecule has 1 aromatic rings. The van der Waals surface area contributed by atoms with Crippen molar-refractivity contribution in [2.75, 3.05) is 6.54 Å². The third-order valence-corrected chi connectivity index (χ3v) is 1.76. The van der Waals surface area contributed by atoms with Crippen molar-refractivity contribution in [1.29, 1.82) is 0 Å². The first kappa shape index (κ1) is 9.80. The number of furan rings is 1. The van der Waals surface area contributed by atoms with E-state index in [9.17, 15) is 4.79 Å². The van der Waals surface area contributed by atoms with Crippen molar-refractivity contribution in [3.63, 3.8) is 0 Å². The third kappa shape index (κ3) is 3.29. The van der Waals surface area contributed by atoms with Crippen LogP contribution >= 0.6 is 0 Å². The van der Waals surface area contributed by atoms with E-state index >= 15 is 0 Å². The lowest BCUT2D eigenvalue weighted by molar-refractivity contribution is -0.136. The molecule has 0 aliphatic heterocycles. The van der Waals surface area contributed by atoms with Crippen molar-refractivity contribution < 1.29 is 14.3 Å². The smallest absolute Gasteiger partial charge is 0.304 e. The summed E-state index contributed by atoms with van der Waals surface area (Å²) in [6.45, 7) is 2.39. The molecule has 0 aliphatic carbocycles. The van der Waals surface area contributed by atoms with Gasteiger partial charge in [0.2, 0.25) is 0 Å². The van der Waals surface area contributed by atoms with Gasteiger partial charge in [0.25, 0.3) is 0 Å². The number of carboxylic acids is 1. The van der Waals surface area contributed by atoms with E-state index in [1.165, 1.54) is 0 Å². The van der Waals surface area contributed by atoms with Crippen LogP contribution in [0.5, 0.6) is 0 Å². The van der Waals surface area contributed by atoms with Crippen LogP contribution in [0.25, 0.3) is 0 Å². The van der Waals surface area contributed by atoms with Crippen molar-refractivity contribution in [3.05, 3.63) is 24.2 Å². The van der Waals surface area contributed by atoms with Gasteiger partial charge < -0.3 is 14.8 Å². The maximum atomic E-state index is 10.2. The fourth-order valence-electron chi connectivity index (χ4n) is 1.03. The first-order valence-corrected chi connectivity index (χ1v) is 4.18. The molecule has 0 aromatic carbocycles. The van der Waals surface area contributed by atoms with Crippen LogP contribution in [0.3, 0.4) is 0 Å². The molecule has 72 valence electrons. The van der Waals surface area contributed by atoms with Crippen LogP contribution in [-0.4, -0.2) is 17.6 Å². The molecule has 0 radical (unpaired) electrons. The molecule has 0 bridgehead atoms. The number of aliphatic carboxylic acids is 1. The van der Waals surface area contributed by atoms with Crippen LogP contribution in [0.4, 0.5) is 0 Å². The molecule has 0 fully saturated rings. The average Bonchev–Trinajstić information content (AvgIpc) is 2.55. The molecule has 0 amide bonds. The molecule has 0 spiro atoms. The van der Waals surface area contributed by atoms with E-state index in [1.807, 2.05) is 19.1 Å². The average molecular weight is 183 g/mol. The third-order valence-electron chi connectivity index (χ3n) is 1.76. The predicted molar refractivity (Wildman–Crippen MR) is 47.4 cm³/mol. The summed E-state index contributed by atoms with van der Waals surface area (Å²) in [6, 6.07) is 3.73. The van der Waals surface area contributed by atoms with E-state index < -0.39 is 5.97 Å². The van der Waals surface area contributed by atoms with Crippen LogP contribution in [0.2, 0.25) is 0 Å². The summed E-state index contributed by atoms with van der Waals surface area (Å²) in [5.41, 5.74) is 0. The van der Waals surface area contributed by atoms with Gasteiger partial charge in [0.1, 0.15) is 5.76 Å². The van der Waals surface area contributed by atoms with Crippen LogP contribution in [0.15, 0.2) is 22.8 Å². The molecule has 1 atom stereocenters. The molecule has 0 aliphatic rings. The van der Waals surface area contributed by atoms with Crippen LogP contribution in [-0.2, 0) is 4.79 Å². The van der Waals surface area contributed by atoms with Gasteiger partial charge in [0, 0.05) is 6.54 Å². The monoisotopic (exact) mass is 183 g/mol. The highest BCUT2D eigenvalue weighted by Gasteiger charge is 2.07. The Morgan fingerprint density at radius 1 is 1.77 bits per heavy atom. The van der Waals surface area contributed by atoms with Gasteiger partial charge in [-0.2, -0.15) is 0 Å². The zero-order valence-electron chi connectivity index (χ0n) is 7.49. The molecule has 0 saturated carbocycles. The van der Waals surface area contributed by atoms with Crippen LogP contribution in [0, 0.1) is 0 Å². The van der Waals surface area contributed by atoms with Crippen molar-refractivity contribution in [1.82, 2.24) is 5.32 Å². The topological polar surface area (TPSA) is 62.5 Å². The van der Waals surface area contributed by atoms with E-state index in [0.29, 0.717) is 6.54 Å². The summed E-state index contributed by atoms with van der Waals surface area (Å²) in [5, 5.41) is 11.4. The Hall–Kier alpha value is -1.29. The second kappa shape index (κ2) is 4.67. The van der Waals surface area contributed by atoms with Gasteiger partial charge in [-0.1, -0.05) is 0 Å². The van der Waals surface area contributed by atoms with E-state index in [0.717, 1.165) is 5.76 Å². The normalized spacial score (nSPS) is 12.7. The molecule has 1 heterocycles. The van der Waals surface area contributed by atoms with E-state index in [1.54, 1.807) is 6.26 Å². The fourth-order valence-corrected chi connectivity index (χ4v) is 1.03. The van der Waals surface area contributed by atoms with Gasteiger partial charge in [-0.05, 0) is 19.1 Å². The summed E-state index contributed by atoms with van der Waals surface area (Å²) in [6.07, 6.45) is 1.73. The first-order valence-electron chi connectivity index (χ1n) is 4.18. The molecule has 0 saturated heterocycles. The molecule has 1 unspecified atom stereocenters. The second-order valence-electron chi connectivity index (χ2n) is 2.83. The lowest BCUT2D eigenvalue weighted by Gasteiger charge is -2.09. The van der Waals surface area contributed by atoms with Crippen LogP contribution < -0.4 is 5.32 Å². The molecule has 4 heteroatoms. The molecule has 1 rings (SSSR count). The standard InChI is InChI=1S/C9H13NO3/c1-7(8-3-2-6-13-8)10-5-4-9(11)12/h2-3,6-7,10H,4-5H2,1H3,(H,11,12). The Balaban J connectivity index is 2.26. The lowest BCUT2D eigenvalue weighted by Crippen LogP contribution is -2.21. The highest BCUT2D eigenvalue weighted by atomic mass is 16.4. The van der Waals surface area contributed by atoms with Crippen LogP contribution in [0.1, 0.15) is 25.1 Å². The molecule has 13 heavy (non-hydrogen) atoms. The minimum atomic E-state index is -0.792. The van der Waals surface area contributed by atoms with Gasteiger partial charge in [-0.15, -0.1) is 0 Å². The SMILES string of the molecule is CC(NCCC(=O)O)c1ccco1. The molecule has 2 N–H and O–H groups in total. The van der Waals surface area contributed by atoms with Crippen molar-refractivity contribution in [2.45, 2.75) is 19.4 Å². The Labute approximate surface area is 76.6 Å². The zero-order valence-corrected chi connectivity index (χ0v) is 7.49. The van der Waals surface area contributed by atoms with Gasteiger partial charge in [0.15, 0.2) is 0 Å². The zero-order chi connectivity index (χ0) is 9.68. The number of carbonyl (C=O) groups is 1. The highest BCUT2D eigenvalue weighted by Crippen LogP contribution is 2.11. The Morgan fingerprint density at radius 3 is 3.08 bits per heavy atom. The minimum Gasteiger partial charge on any atom is -0.481 e. The summed E-state index contributed by atoms with van der Waals surface area (Å²) in [7, 11) is 0. The second-order valence-corrected chi connectivity index (χ2v) is 2.83. The number of rotatable bonds is 5. The number of nitrogens with one attached hydrogen (secondary N) is 1. The maximum absolute atomic E-state index is 10.2. The fraction of sp³-hybridized carbons (Fsp3) is 0.444. The summed E-state index contributed by atoms with van der Waals surface area (Å²) < 4.78 is 5.14. The summed E-state index contributed by atoms with van der Waals surface area (Å²) >= 11 is 0. The molecule has 4 nitrogen and oxygen atoms in total. The largest absolute Gasteiger partial charge is 0.481 e. The minimum absolute atomic E-state index is 0.0642. The number of carboxylic acid groups (broad SMARTS) is 1. The quantitative estimate of drug-likeness (QED) is 0.724.